The van der Waals surface area contributed by atoms with E-state index in [0.717, 1.165) is 18.6 Å². The van der Waals surface area contributed by atoms with Crippen molar-refractivity contribution < 1.29 is 14.7 Å². The molecule has 0 saturated heterocycles. The maximum atomic E-state index is 11.6. The zero-order valence-electron chi connectivity index (χ0n) is 10.8. The van der Waals surface area contributed by atoms with Gasteiger partial charge in [-0.2, -0.15) is 11.8 Å². The molecule has 1 aliphatic carbocycles. The standard InChI is InChI=1S/C12H22N2O3S/c1-18-7-6-10(12(16)17)14-11(15)8-13-9-4-2-3-5-9/h9-10,13H,2-8H2,1H3,(H,14,15)(H,16,17)/t10-/m1/s1. The Morgan fingerprint density at radius 2 is 2.06 bits per heavy atom. The number of thioether (sulfide) groups is 1. The molecule has 0 aromatic carbocycles. The lowest BCUT2D eigenvalue weighted by Gasteiger charge is -2.16. The Kier molecular flexibility index (Phi) is 7.12. The average molecular weight is 274 g/mol. The predicted octanol–water partition coefficient (Wildman–Crippen LogP) is 0.841. The van der Waals surface area contributed by atoms with E-state index in [1.807, 2.05) is 6.26 Å². The van der Waals surface area contributed by atoms with Crippen LogP contribution < -0.4 is 10.6 Å². The van der Waals surface area contributed by atoms with Crippen LogP contribution in [0.4, 0.5) is 0 Å². The van der Waals surface area contributed by atoms with Crippen molar-refractivity contribution in [1.82, 2.24) is 10.6 Å². The molecule has 1 rings (SSSR count). The van der Waals surface area contributed by atoms with Crippen LogP contribution in [0.25, 0.3) is 0 Å². The Labute approximate surface area is 112 Å². The minimum Gasteiger partial charge on any atom is -0.480 e. The van der Waals surface area contributed by atoms with Crippen molar-refractivity contribution in [2.45, 2.75) is 44.2 Å². The Morgan fingerprint density at radius 1 is 1.39 bits per heavy atom. The molecule has 5 nitrogen and oxygen atoms in total. The quantitative estimate of drug-likeness (QED) is 0.611. The van der Waals surface area contributed by atoms with E-state index in [-0.39, 0.29) is 12.5 Å². The second kappa shape index (κ2) is 8.37. The molecule has 0 unspecified atom stereocenters. The summed E-state index contributed by atoms with van der Waals surface area (Å²) in [6.45, 7) is 0.216. The Balaban J connectivity index is 2.24. The number of hydrogen-bond donors (Lipinski definition) is 3. The van der Waals surface area contributed by atoms with E-state index in [1.165, 1.54) is 12.8 Å². The molecule has 0 aromatic rings. The van der Waals surface area contributed by atoms with E-state index < -0.39 is 12.0 Å². The van der Waals surface area contributed by atoms with Gasteiger partial charge < -0.3 is 15.7 Å². The molecule has 0 radical (unpaired) electrons. The van der Waals surface area contributed by atoms with Crippen LogP contribution in [0.15, 0.2) is 0 Å². The molecule has 1 fully saturated rings. The lowest BCUT2D eigenvalue weighted by atomic mass is 10.2. The summed E-state index contributed by atoms with van der Waals surface area (Å²) in [5.41, 5.74) is 0. The SMILES string of the molecule is CSCC[C@@H](NC(=O)CNC1CCCC1)C(=O)O. The van der Waals surface area contributed by atoms with E-state index in [0.29, 0.717) is 12.5 Å². The first-order valence-electron chi connectivity index (χ1n) is 6.38. The summed E-state index contributed by atoms with van der Waals surface area (Å²) < 4.78 is 0. The van der Waals surface area contributed by atoms with Gasteiger partial charge >= 0.3 is 5.97 Å². The van der Waals surface area contributed by atoms with Crippen LogP contribution in [-0.2, 0) is 9.59 Å². The molecule has 0 bridgehead atoms. The Bertz CT molecular complexity index is 280. The van der Waals surface area contributed by atoms with Gasteiger partial charge in [0.2, 0.25) is 5.91 Å². The summed E-state index contributed by atoms with van der Waals surface area (Å²) >= 11 is 1.58. The maximum absolute atomic E-state index is 11.6. The first-order chi connectivity index (χ1) is 8.63. The fourth-order valence-corrected chi connectivity index (χ4v) is 2.58. The minimum absolute atomic E-state index is 0.216. The van der Waals surface area contributed by atoms with E-state index in [4.69, 9.17) is 5.11 Å². The lowest BCUT2D eigenvalue weighted by molar-refractivity contribution is -0.141. The number of rotatable bonds is 8. The van der Waals surface area contributed by atoms with Crippen LogP contribution in [0.2, 0.25) is 0 Å². The van der Waals surface area contributed by atoms with Gasteiger partial charge in [-0.25, -0.2) is 4.79 Å². The molecule has 1 saturated carbocycles. The normalized spacial score (nSPS) is 17.6. The Morgan fingerprint density at radius 3 is 2.61 bits per heavy atom. The molecular formula is C12H22N2O3S. The van der Waals surface area contributed by atoms with Crippen LogP contribution in [0, 0.1) is 0 Å². The van der Waals surface area contributed by atoms with E-state index >= 15 is 0 Å². The van der Waals surface area contributed by atoms with Gasteiger partial charge in [0.25, 0.3) is 0 Å². The molecule has 0 spiro atoms. The largest absolute Gasteiger partial charge is 0.480 e. The van der Waals surface area contributed by atoms with E-state index in [9.17, 15) is 9.59 Å². The number of amides is 1. The van der Waals surface area contributed by atoms with E-state index in [1.54, 1.807) is 11.8 Å². The topological polar surface area (TPSA) is 78.4 Å². The van der Waals surface area contributed by atoms with Crippen molar-refractivity contribution in [2.24, 2.45) is 0 Å². The summed E-state index contributed by atoms with van der Waals surface area (Å²) in [7, 11) is 0. The second-order valence-corrected chi connectivity index (χ2v) is 5.59. The molecule has 1 atom stereocenters. The van der Waals surface area contributed by atoms with Crippen LogP contribution in [0.5, 0.6) is 0 Å². The van der Waals surface area contributed by atoms with Crippen molar-refractivity contribution in [2.75, 3.05) is 18.6 Å². The van der Waals surface area contributed by atoms with Gasteiger partial charge in [-0.05, 0) is 31.3 Å². The highest BCUT2D eigenvalue weighted by atomic mass is 32.2. The number of hydrogen-bond acceptors (Lipinski definition) is 4. The molecule has 3 N–H and O–H groups in total. The van der Waals surface area contributed by atoms with Gasteiger partial charge in [0, 0.05) is 6.04 Å². The summed E-state index contributed by atoms with van der Waals surface area (Å²) in [5, 5.41) is 14.7. The molecule has 104 valence electrons. The minimum atomic E-state index is -0.960. The molecular weight excluding hydrogens is 252 g/mol. The van der Waals surface area contributed by atoms with Gasteiger partial charge in [-0.15, -0.1) is 0 Å². The van der Waals surface area contributed by atoms with Crippen LogP contribution >= 0.6 is 11.8 Å². The van der Waals surface area contributed by atoms with Crippen molar-refractivity contribution in [3.8, 4) is 0 Å². The molecule has 1 amide bonds. The molecule has 0 heterocycles. The summed E-state index contributed by atoms with van der Waals surface area (Å²) in [6.07, 6.45) is 7.04. The number of carbonyl (C=O) groups is 2. The highest BCUT2D eigenvalue weighted by molar-refractivity contribution is 7.98. The first-order valence-corrected chi connectivity index (χ1v) is 7.77. The molecule has 1 aliphatic rings. The average Bonchev–Trinajstić information content (AvgIpc) is 2.84. The van der Waals surface area contributed by atoms with E-state index in [2.05, 4.69) is 10.6 Å². The van der Waals surface area contributed by atoms with Crippen LogP contribution in [-0.4, -0.2) is 47.6 Å². The summed E-state index contributed by atoms with van der Waals surface area (Å²) in [5.74, 6) is -0.457. The third-order valence-corrected chi connectivity index (χ3v) is 3.79. The van der Waals surface area contributed by atoms with Crippen molar-refractivity contribution in [3.05, 3.63) is 0 Å². The number of carbonyl (C=O) groups excluding carboxylic acids is 1. The molecule has 0 aromatic heterocycles. The maximum Gasteiger partial charge on any atom is 0.326 e. The fraction of sp³-hybridized carbons (Fsp3) is 0.833. The summed E-state index contributed by atoms with van der Waals surface area (Å²) in [4.78, 5) is 22.6. The van der Waals surface area contributed by atoms with Gasteiger partial charge in [0.05, 0.1) is 6.54 Å². The third-order valence-electron chi connectivity index (χ3n) is 3.15. The lowest BCUT2D eigenvalue weighted by Crippen LogP contribution is -2.46. The van der Waals surface area contributed by atoms with Crippen molar-refractivity contribution >= 4 is 23.6 Å². The smallest absolute Gasteiger partial charge is 0.326 e. The molecule has 6 heteroatoms. The van der Waals surface area contributed by atoms with Gasteiger partial charge in [0.1, 0.15) is 6.04 Å². The highest BCUT2D eigenvalue weighted by Crippen LogP contribution is 2.17. The Hall–Kier alpha value is -0.750. The van der Waals surface area contributed by atoms with Gasteiger partial charge in [-0.3, -0.25) is 4.79 Å². The third kappa shape index (κ3) is 5.73. The monoisotopic (exact) mass is 274 g/mol. The predicted molar refractivity (Wildman–Crippen MR) is 72.8 cm³/mol. The van der Waals surface area contributed by atoms with Crippen LogP contribution in [0.3, 0.4) is 0 Å². The van der Waals surface area contributed by atoms with Crippen molar-refractivity contribution in [1.29, 1.82) is 0 Å². The van der Waals surface area contributed by atoms with Gasteiger partial charge in [0.15, 0.2) is 0 Å². The highest BCUT2D eigenvalue weighted by Gasteiger charge is 2.20. The number of carboxylic acids is 1. The first kappa shape index (κ1) is 15.3. The second-order valence-electron chi connectivity index (χ2n) is 4.60. The number of aliphatic carboxylic acids is 1. The fourth-order valence-electron chi connectivity index (χ4n) is 2.11. The van der Waals surface area contributed by atoms with Crippen LogP contribution in [0.1, 0.15) is 32.1 Å². The molecule has 18 heavy (non-hydrogen) atoms. The molecule has 0 aliphatic heterocycles. The number of nitrogens with one attached hydrogen (secondary N) is 2. The summed E-state index contributed by atoms with van der Waals surface area (Å²) in [6, 6.07) is -0.347. The van der Waals surface area contributed by atoms with Crippen molar-refractivity contribution in [3.63, 3.8) is 0 Å². The zero-order chi connectivity index (χ0) is 13.4. The number of carboxylic acid groups (broad SMARTS) is 1. The zero-order valence-corrected chi connectivity index (χ0v) is 11.6. The van der Waals surface area contributed by atoms with Gasteiger partial charge in [-0.1, -0.05) is 12.8 Å².